The second-order valence-corrected chi connectivity index (χ2v) is 6.90. The maximum absolute atomic E-state index is 5.50. The second-order valence-electron chi connectivity index (χ2n) is 6.90. The van der Waals surface area contributed by atoms with Crippen LogP contribution in [0, 0.1) is 0 Å². The van der Waals surface area contributed by atoms with Crippen molar-refractivity contribution in [1.82, 2.24) is 0 Å². The van der Waals surface area contributed by atoms with Crippen molar-refractivity contribution in [1.29, 1.82) is 0 Å². The summed E-state index contributed by atoms with van der Waals surface area (Å²) >= 11 is 0. The van der Waals surface area contributed by atoms with Gasteiger partial charge >= 0.3 is 0 Å². The smallest absolute Gasteiger partial charge is 0.0466 e. The topological polar surface area (TPSA) is 9.23 Å². The normalized spacial score (nSPS) is 11.9. The third kappa shape index (κ3) is 21.4. The van der Waals surface area contributed by atoms with Gasteiger partial charge in [-0.2, -0.15) is 0 Å². The molecule has 0 saturated carbocycles. The van der Waals surface area contributed by atoms with Gasteiger partial charge in [0.1, 0.15) is 0 Å². The average molecular weight is 337 g/mol. The number of rotatable bonds is 19. The van der Waals surface area contributed by atoms with Crippen LogP contribution in [0.1, 0.15) is 110 Å². The summed E-state index contributed by atoms with van der Waals surface area (Å²) in [7, 11) is 0. The van der Waals surface area contributed by atoms with E-state index in [2.05, 4.69) is 38.2 Å². The van der Waals surface area contributed by atoms with Gasteiger partial charge in [-0.05, 0) is 44.9 Å². The SMILES string of the molecule is CCCCC/C=C\C/C=C\CCCCCCCCCCOCCC. The summed E-state index contributed by atoms with van der Waals surface area (Å²) < 4.78 is 5.50. The van der Waals surface area contributed by atoms with Crippen LogP contribution in [0.15, 0.2) is 24.3 Å². The highest BCUT2D eigenvalue weighted by Crippen LogP contribution is 2.10. The zero-order valence-electron chi connectivity index (χ0n) is 16.7. The molecular weight excluding hydrogens is 292 g/mol. The first-order valence-corrected chi connectivity index (χ1v) is 10.8. The summed E-state index contributed by atoms with van der Waals surface area (Å²) in [4.78, 5) is 0. The van der Waals surface area contributed by atoms with E-state index in [-0.39, 0.29) is 0 Å². The van der Waals surface area contributed by atoms with E-state index >= 15 is 0 Å². The van der Waals surface area contributed by atoms with Gasteiger partial charge in [-0.3, -0.25) is 0 Å². The number of hydrogen-bond donors (Lipinski definition) is 0. The van der Waals surface area contributed by atoms with E-state index in [1.165, 1.54) is 83.5 Å². The highest BCUT2D eigenvalue weighted by atomic mass is 16.5. The van der Waals surface area contributed by atoms with Gasteiger partial charge in [-0.25, -0.2) is 0 Å². The van der Waals surface area contributed by atoms with Crippen molar-refractivity contribution in [2.24, 2.45) is 0 Å². The Kier molecular flexibility index (Phi) is 21.9. The minimum absolute atomic E-state index is 0.934. The Bertz CT molecular complexity index is 267. The van der Waals surface area contributed by atoms with Gasteiger partial charge in [-0.15, -0.1) is 0 Å². The summed E-state index contributed by atoms with van der Waals surface area (Å²) in [6.45, 7) is 6.33. The number of hydrogen-bond acceptors (Lipinski definition) is 1. The lowest BCUT2D eigenvalue weighted by Crippen LogP contribution is -1.95. The standard InChI is InChI=1S/C23H44O/c1-3-5-6-7-8-9-10-11-12-13-14-15-16-17-18-19-20-21-23-24-22-4-2/h8-9,11-12H,3-7,10,13-23H2,1-2H3/b9-8-,12-11-. The summed E-state index contributed by atoms with van der Waals surface area (Å²) in [5, 5.41) is 0. The molecule has 1 nitrogen and oxygen atoms in total. The van der Waals surface area contributed by atoms with Crippen LogP contribution in [-0.4, -0.2) is 13.2 Å². The number of unbranched alkanes of at least 4 members (excludes halogenated alkanes) is 11. The average Bonchev–Trinajstić information content (AvgIpc) is 2.60. The Morgan fingerprint density at radius 2 is 1.04 bits per heavy atom. The zero-order valence-corrected chi connectivity index (χ0v) is 16.7. The molecule has 0 aromatic carbocycles. The second kappa shape index (κ2) is 22.4. The van der Waals surface area contributed by atoms with Crippen LogP contribution in [0.4, 0.5) is 0 Å². The van der Waals surface area contributed by atoms with Gasteiger partial charge in [0.2, 0.25) is 0 Å². The Morgan fingerprint density at radius 3 is 1.62 bits per heavy atom. The van der Waals surface area contributed by atoms with Gasteiger partial charge < -0.3 is 4.74 Å². The molecule has 0 aliphatic carbocycles. The molecule has 0 fully saturated rings. The monoisotopic (exact) mass is 336 g/mol. The molecule has 0 amide bonds. The van der Waals surface area contributed by atoms with Gasteiger partial charge in [0.05, 0.1) is 0 Å². The van der Waals surface area contributed by atoms with Crippen LogP contribution in [-0.2, 0) is 4.74 Å². The molecule has 0 aliphatic heterocycles. The molecule has 0 saturated heterocycles. The van der Waals surface area contributed by atoms with Gasteiger partial charge in [-0.1, -0.05) is 89.5 Å². The molecule has 24 heavy (non-hydrogen) atoms. The predicted molar refractivity (Wildman–Crippen MR) is 110 cm³/mol. The van der Waals surface area contributed by atoms with Gasteiger partial charge in [0.15, 0.2) is 0 Å². The van der Waals surface area contributed by atoms with E-state index < -0.39 is 0 Å². The minimum Gasteiger partial charge on any atom is -0.381 e. The third-order valence-corrected chi connectivity index (χ3v) is 4.34. The molecule has 0 N–H and O–H groups in total. The van der Waals surface area contributed by atoms with Crippen molar-refractivity contribution in [3.05, 3.63) is 24.3 Å². The summed E-state index contributed by atoms with van der Waals surface area (Å²) in [6, 6.07) is 0. The Balaban J connectivity index is 3.10. The highest BCUT2D eigenvalue weighted by molar-refractivity contribution is 4.92. The van der Waals surface area contributed by atoms with Crippen LogP contribution in [0.3, 0.4) is 0 Å². The van der Waals surface area contributed by atoms with E-state index in [4.69, 9.17) is 4.74 Å². The molecule has 0 spiro atoms. The Labute approximate surface area is 153 Å². The molecule has 0 aliphatic rings. The van der Waals surface area contributed by atoms with E-state index in [1.54, 1.807) is 0 Å². The third-order valence-electron chi connectivity index (χ3n) is 4.34. The van der Waals surface area contributed by atoms with E-state index in [0.29, 0.717) is 0 Å². The lowest BCUT2D eigenvalue weighted by atomic mass is 10.1. The van der Waals surface area contributed by atoms with Crippen molar-refractivity contribution in [2.45, 2.75) is 110 Å². The lowest BCUT2D eigenvalue weighted by Gasteiger charge is -2.03. The number of allylic oxidation sites excluding steroid dienone is 4. The molecule has 0 bridgehead atoms. The summed E-state index contributed by atoms with van der Waals surface area (Å²) in [6.07, 6.45) is 29.2. The molecular formula is C23H44O. The molecule has 1 heteroatoms. The molecule has 0 atom stereocenters. The fourth-order valence-corrected chi connectivity index (χ4v) is 2.79. The first-order valence-electron chi connectivity index (χ1n) is 10.8. The summed E-state index contributed by atoms with van der Waals surface area (Å²) in [5.41, 5.74) is 0. The lowest BCUT2D eigenvalue weighted by molar-refractivity contribution is 0.130. The predicted octanol–water partition coefficient (Wildman–Crippen LogP) is 8.01. The first-order chi connectivity index (χ1) is 11.9. The summed E-state index contributed by atoms with van der Waals surface area (Å²) in [5.74, 6) is 0. The van der Waals surface area contributed by atoms with Crippen LogP contribution >= 0.6 is 0 Å². The quantitative estimate of drug-likeness (QED) is 0.171. The molecule has 0 aromatic rings. The van der Waals surface area contributed by atoms with Crippen molar-refractivity contribution >= 4 is 0 Å². The van der Waals surface area contributed by atoms with Crippen molar-refractivity contribution < 1.29 is 4.74 Å². The molecule has 0 rings (SSSR count). The first kappa shape index (κ1) is 23.4. The largest absolute Gasteiger partial charge is 0.381 e. The van der Waals surface area contributed by atoms with Crippen molar-refractivity contribution in [2.75, 3.05) is 13.2 Å². The molecule has 142 valence electrons. The van der Waals surface area contributed by atoms with E-state index in [0.717, 1.165) is 26.1 Å². The van der Waals surface area contributed by atoms with Crippen LogP contribution in [0.5, 0.6) is 0 Å². The van der Waals surface area contributed by atoms with Crippen molar-refractivity contribution in [3.8, 4) is 0 Å². The molecule has 0 radical (unpaired) electrons. The van der Waals surface area contributed by atoms with Crippen LogP contribution in [0.25, 0.3) is 0 Å². The Morgan fingerprint density at radius 1 is 0.500 bits per heavy atom. The minimum atomic E-state index is 0.934. The zero-order chi connectivity index (χ0) is 17.6. The maximum Gasteiger partial charge on any atom is 0.0466 e. The van der Waals surface area contributed by atoms with Crippen LogP contribution in [0.2, 0.25) is 0 Å². The fraction of sp³-hybridized carbons (Fsp3) is 0.826. The Hall–Kier alpha value is -0.560. The fourth-order valence-electron chi connectivity index (χ4n) is 2.79. The molecule has 0 unspecified atom stereocenters. The van der Waals surface area contributed by atoms with Crippen LogP contribution < -0.4 is 0 Å². The van der Waals surface area contributed by atoms with Crippen molar-refractivity contribution in [3.63, 3.8) is 0 Å². The van der Waals surface area contributed by atoms with Gasteiger partial charge in [0.25, 0.3) is 0 Å². The maximum atomic E-state index is 5.50. The molecule has 0 heterocycles. The van der Waals surface area contributed by atoms with E-state index in [1.807, 2.05) is 0 Å². The van der Waals surface area contributed by atoms with Gasteiger partial charge in [0, 0.05) is 13.2 Å². The highest BCUT2D eigenvalue weighted by Gasteiger charge is 1.92. The molecule has 0 aromatic heterocycles. The number of ether oxygens (including phenoxy) is 1. The van der Waals surface area contributed by atoms with E-state index in [9.17, 15) is 0 Å².